The summed E-state index contributed by atoms with van der Waals surface area (Å²) in [4.78, 5) is 5.19. The fraction of sp³-hybridized carbons (Fsp3) is 0. The zero-order valence-corrected chi connectivity index (χ0v) is 9.13. The summed E-state index contributed by atoms with van der Waals surface area (Å²) >= 11 is 5.74. The Morgan fingerprint density at radius 3 is 2.19 bits per heavy atom. The summed E-state index contributed by atoms with van der Waals surface area (Å²) < 4.78 is 0. The summed E-state index contributed by atoms with van der Waals surface area (Å²) in [5, 5.41) is 10.9. The molecule has 0 spiro atoms. The van der Waals surface area contributed by atoms with Crippen LogP contribution in [0.25, 0.3) is 0 Å². The van der Waals surface area contributed by atoms with Crippen molar-refractivity contribution in [3.05, 3.63) is 59.6 Å². The van der Waals surface area contributed by atoms with Gasteiger partial charge in [-0.2, -0.15) is 0 Å². The van der Waals surface area contributed by atoms with Crippen molar-refractivity contribution in [2.75, 3.05) is 5.23 Å². The molecule has 2 aromatic carbocycles. The van der Waals surface area contributed by atoms with Gasteiger partial charge in [0.25, 0.3) is 0 Å². The van der Waals surface area contributed by atoms with Crippen LogP contribution >= 0.6 is 11.6 Å². The standard InChI is InChI=1S/C12H10ClNO2/c13-10-6-8-11(9-7-10)14(15)16-12-4-2-1-3-5-12/h1-9,15H. The van der Waals surface area contributed by atoms with E-state index in [1.807, 2.05) is 18.2 Å². The lowest BCUT2D eigenvalue weighted by atomic mass is 10.3. The Balaban J connectivity index is 2.09. The van der Waals surface area contributed by atoms with Gasteiger partial charge in [0.05, 0.1) is 0 Å². The second-order valence-corrected chi connectivity index (χ2v) is 3.59. The lowest BCUT2D eigenvalue weighted by molar-refractivity contribution is 0.0510. The molecule has 0 fully saturated rings. The van der Waals surface area contributed by atoms with Crippen LogP contribution < -0.4 is 10.1 Å². The third-order valence-corrected chi connectivity index (χ3v) is 2.23. The van der Waals surface area contributed by atoms with Gasteiger partial charge >= 0.3 is 0 Å². The largest absolute Gasteiger partial charge is 0.354 e. The fourth-order valence-electron chi connectivity index (χ4n) is 1.20. The van der Waals surface area contributed by atoms with Crippen LogP contribution in [0.15, 0.2) is 54.6 Å². The van der Waals surface area contributed by atoms with Gasteiger partial charge in [-0.3, -0.25) is 5.21 Å². The lowest BCUT2D eigenvalue weighted by Gasteiger charge is -2.16. The number of hydrogen-bond donors (Lipinski definition) is 1. The number of anilines is 1. The third-order valence-electron chi connectivity index (χ3n) is 1.98. The summed E-state index contributed by atoms with van der Waals surface area (Å²) in [5.74, 6) is 0.556. The fourth-order valence-corrected chi connectivity index (χ4v) is 1.33. The number of hydrogen-bond acceptors (Lipinski definition) is 3. The predicted molar refractivity (Wildman–Crippen MR) is 62.8 cm³/mol. The summed E-state index contributed by atoms with van der Waals surface area (Å²) in [6, 6.07) is 15.7. The van der Waals surface area contributed by atoms with E-state index in [0.29, 0.717) is 21.7 Å². The van der Waals surface area contributed by atoms with E-state index >= 15 is 0 Å². The van der Waals surface area contributed by atoms with E-state index in [1.165, 1.54) is 0 Å². The molecule has 0 bridgehead atoms. The molecular weight excluding hydrogens is 226 g/mol. The summed E-state index contributed by atoms with van der Waals surface area (Å²) in [6.45, 7) is 0. The maximum atomic E-state index is 9.63. The number of nitrogens with zero attached hydrogens (tertiary/aromatic N) is 1. The molecule has 0 aliphatic carbocycles. The molecule has 0 aromatic heterocycles. The van der Waals surface area contributed by atoms with Crippen molar-refractivity contribution in [3.8, 4) is 5.75 Å². The Morgan fingerprint density at radius 1 is 0.938 bits per heavy atom. The smallest absolute Gasteiger partial charge is 0.158 e. The topological polar surface area (TPSA) is 32.7 Å². The first-order valence-corrected chi connectivity index (χ1v) is 5.11. The molecule has 0 aliphatic heterocycles. The first kappa shape index (κ1) is 10.8. The van der Waals surface area contributed by atoms with Gasteiger partial charge in [-0.1, -0.05) is 35.0 Å². The minimum Gasteiger partial charge on any atom is -0.354 e. The number of rotatable bonds is 3. The van der Waals surface area contributed by atoms with Crippen molar-refractivity contribution >= 4 is 17.3 Å². The van der Waals surface area contributed by atoms with Crippen molar-refractivity contribution in [2.45, 2.75) is 0 Å². The SMILES string of the molecule is ON(Oc1ccccc1)c1ccc(Cl)cc1. The Morgan fingerprint density at radius 2 is 1.56 bits per heavy atom. The average Bonchev–Trinajstić information content (AvgIpc) is 2.31. The average molecular weight is 236 g/mol. The zero-order chi connectivity index (χ0) is 11.4. The first-order valence-electron chi connectivity index (χ1n) is 4.73. The molecule has 1 N–H and O–H groups in total. The highest BCUT2D eigenvalue weighted by atomic mass is 35.5. The molecule has 0 heterocycles. The van der Waals surface area contributed by atoms with Gasteiger partial charge in [0.1, 0.15) is 5.69 Å². The molecule has 3 nitrogen and oxygen atoms in total. The van der Waals surface area contributed by atoms with E-state index in [-0.39, 0.29) is 0 Å². The molecule has 2 rings (SSSR count). The molecule has 16 heavy (non-hydrogen) atoms. The molecule has 0 unspecified atom stereocenters. The Kier molecular flexibility index (Phi) is 3.29. The third kappa shape index (κ3) is 2.66. The van der Waals surface area contributed by atoms with Crippen LogP contribution in [0, 0.1) is 0 Å². The molecule has 0 amide bonds. The van der Waals surface area contributed by atoms with E-state index in [9.17, 15) is 5.21 Å². The van der Waals surface area contributed by atoms with Crippen molar-refractivity contribution in [2.24, 2.45) is 0 Å². The maximum absolute atomic E-state index is 9.63. The second kappa shape index (κ2) is 4.88. The van der Waals surface area contributed by atoms with Crippen LogP contribution in [0.4, 0.5) is 5.69 Å². The predicted octanol–water partition coefficient (Wildman–Crippen LogP) is 3.53. The minimum absolute atomic E-state index is 0.508. The minimum atomic E-state index is 0.508. The number of benzene rings is 2. The van der Waals surface area contributed by atoms with Crippen LogP contribution in [0.2, 0.25) is 5.02 Å². The quantitative estimate of drug-likeness (QED) is 0.826. The van der Waals surface area contributed by atoms with Gasteiger partial charge in [-0.05, 0) is 36.4 Å². The molecule has 0 radical (unpaired) electrons. The van der Waals surface area contributed by atoms with E-state index in [0.717, 1.165) is 0 Å². The monoisotopic (exact) mass is 235 g/mol. The number of para-hydroxylation sites is 1. The zero-order valence-electron chi connectivity index (χ0n) is 8.38. The van der Waals surface area contributed by atoms with Gasteiger partial charge in [0.15, 0.2) is 5.75 Å². The summed E-state index contributed by atoms with van der Waals surface area (Å²) in [7, 11) is 0. The normalized spacial score (nSPS) is 9.88. The van der Waals surface area contributed by atoms with E-state index in [1.54, 1.807) is 36.4 Å². The van der Waals surface area contributed by atoms with Crippen molar-refractivity contribution in [3.63, 3.8) is 0 Å². The van der Waals surface area contributed by atoms with E-state index in [4.69, 9.17) is 16.4 Å². The molecular formula is C12H10ClNO2. The molecule has 0 saturated heterocycles. The van der Waals surface area contributed by atoms with Crippen LogP contribution in [0.5, 0.6) is 5.75 Å². The summed E-state index contributed by atoms with van der Waals surface area (Å²) in [6.07, 6.45) is 0. The first-order chi connectivity index (χ1) is 7.75. The van der Waals surface area contributed by atoms with Crippen LogP contribution in [0.3, 0.4) is 0 Å². The molecule has 0 saturated carbocycles. The van der Waals surface area contributed by atoms with E-state index in [2.05, 4.69) is 0 Å². The summed E-state index contributed by atoms with van der Waals surface area (Å²) in [5.41, 5.74) is 0.508. The maximum Gasteiger partial charge on any atom is 0.158 e. The van der Waals surface area contributed by atoms with Gasteiger partial charge in [-0.15, -0.1) is 0 Å². The van der Waals surface area contributed by atoms with Crippen molar-refractivity contribution < 1.29 is 10.0 Å². The van der Waals surface area contributed by atoms with E-state index < -0.39 is 0 Å². The van der Waals surface area contributed by atoms with Gasteiger partial charge in [0, 0.05) is 5.02 Å². The Bertz CT molecular complexity index is 444. The second-order valence-electron chi connectivity index (χ2n) is 3.15. The molecule has 0 aliphatic rings. The highest BCUT2D eigenvalue weighted by Gasteiger charge is 2.04. The van der Waals surface area contributed by atoms with Gasteiger partial charge < -0.3 is 4.84 Å². The highest BCUT2D eigenvalue weighted by molar-refractivity contribution is 6.30. The van der Waals surface area contributed by atoms with Gasteiger partial charge in [0.2, 0.25) is 0 Å². The Labute approximate surface area is 98.4 Å². The molecule has 2 aromatic rings. The van der Waals surface area contributed by atoms with Crippen LogP contribution in [-0.2, 0) is 0 Å². The Hall–Kier alpha value is -1.71. The molecule has 82 valence electrons. The molecule has 4 heteroatoms. The number of halogens is 1. The van der Waals surface area contributed by atoms with Gasteiger partial charge in [-0.25, -0.2) is 0 Å². The highest BCUT2D eigenvalue weighted by Crippen LogP contribution is 2.18. The lowest BCUT2D eigenvalue weighted by Crippen LogP contribution is -2.22. The van der Waals surface area contributed by atoms with Crippen molar-refractivity contribution in [1.29, 1.82) is 0 Å². The van der Waals surface area contributed by atoms with Crippen LogP contribution in [0.1, 0.15) is 0 Å². The van der Waals surface area contributed by atoms with Crippen LogP contribution in [-0.4, -0.2) is 5.21 Å². The molecule has 0 atom stereocenters. The van der Waals surface area contributed by atoms with Crippen molar-refractivity contribution in [1.82, 2.24) is 0 Å².